The molecule has 0 radical (unpaired) electrons. The molecule has 0 atom stereocenters. The fourth-order valence-electron chi connectivity index (χ4n) is 3.66. The van der Waals surface area contributed by atoms with E-state index in [1.54, 1.807) is 4.90 Å². The molecule has 0 spiro atoms. The minimum Gasteiger partial charge on any atom is -0.491 e. The predicted molar refractivity (Wildman–Crippen MR) is 110 cm³/mol. The maximum Gasteiger partial charge on any atom is 0.272 e. The van der Waals surface area contributed by atoms with Gasteiger partial charge in [-0.15, -0.1) is 0 Å². The molecule has 2 heterocycles. The van der Waals surface area contributed by atoms with Crippen molar-refractivity contribution in [2.45, 2.75) is 32.6 Å². The largest absolute Gasteiger partial charge is 0.491 e. The molecule has 0 unspecified atom stereocenters. The van der Waals surface area contributed by atoms with Crippen LogP contribution in [0.3, 0.4) is 0 Å². The molecule has 0 aromatic heterocycles. The number of carbonyl (C=O) groups is 1. The molecule has 1 amide bonds. The normalized spacial score (nSPS) is 17.6. The van der Waals surface area contributed by atoms with Crippen molar-refractivity contribution < 1.29 is 9.53 Å². The Hall–Kier alpha value is -2.14. The number of amides is 1. The van der Waals surface area contributed by atoms with Gasteiger partial charge in [-0.3, -0.25) is 9.79 Å². The smallest absolute Gasteiger partial charge is 0.272 e. The predicted octanol–water partition coefficient (Wildman–Crippen LogP) is 2.91. The van der Waals surface area contributed by atoms with Crippen LogP contribution in [0.2, 0.25) is 0 Å². The number of rotatable bonds is 5. The van der Waals surface area contributed by atoms with Gasteiger partial charge in [0.05, 0.1) is 13.1 Å². The van der Waals surface area contributed by atoms with Gasteiger partial charge in [0.2, 0.25) is 0 Å². The lowest BCUT2D eigenvalue weighted by atomic mass is 9.86. The lowest BCUT2D eigenvalue weighted by Gasteiger charge is -2.26. The van der Waals surface area contributed by atoms with Gasteiger partial charge >= 0.3 is 0 Å². The fourth-order valence-corrected chi connectivity index (χ4v) is 3.66. The minimum atomic E-state index is 0.0114. The molecule has 0 N–H and O–H groups in total. The number of hydrogen-bond donors (Lipinski definition) is 0. The maximum atomic E-state index is 12.8. The van der Waals surface area contributed by atoms with E-state index >= 15 is 0 Å². The Bertz CT molecular complexity index is 774. The van der Waals surface area contributed by atoms with Crippen LogP contribution in [0, 0.1) is 0 Å². The Morgan fingerprint density at radius 1 is 1.30 bits per heavy atom. The van der Waals surface area contributed by atoms with Crippen LogP contribution in [0.5, 0.6) is 5.75 Å². The van der Waals surface area contributed by atoms with Gasteiger partial charge in [0.25, 0.3) is 5.91 Å². The molecule has 0 saturated carbocycles. The second-order valence-electron chi connectivity index (χ2n) is 8.56. The molecule has 5 heteroatoms. The monoisotopic (exact) mass is 369 g/mol. The molecule has 27 heavy (non-hydrogen) atoms. The first kappa shape index (κ1) is 19.6. The summed E-state index contributed by atoms with van der Waals surface area (Å²) < 4.78 is 6.02. The maximum absolute atomic E-state index is 12.8. The number of ether oxygens (including phenoxy) is 1. The van der Waals surface area contributed by atoms with Crippen molar-refractivity contribution in [1.29, 1.82) is 0 Å². The zero-order chi connectivity index (χ0) is 19.6. The molecule has 0 saturated heterocycles. The zero-order valence-electron chi connectivity index (χ0n) is 17.2. The number of likely N-dealkylation sites (N-methyl/N-ethyl adjacent to an activating group) is 2. The molecule has 2 aliphatic heterocycles. The van der Waals surface area contributed by atoms with Crippen LogP contribution in [-0.4, -0.2) is 68.3 Å². The second-order valence-corrected chi connectivity index (χ2v) is 8.56. The van der Waals surface area contributed by atoms with E-state index in [-0.39, 0.29) is 11.3 Å². The highest BCUT2D eigenvalue weighted by atomic mass is 16.5. The molecule has 0 bridgehead atoms. The summed E-state index contributed by atoms with van der Waals surface area (Å²) in [7, 11) is 3.94. The Kier molecular flexibility index (Phi) is 5.70. The van der Waals surface area contributed by atoms with Crippen LogP contribution in [0.25, 0.3) is 0 Å². The van der Waals surface area contributed by atoms with Crippen LogP contribution in [-0.2, 0) is 10.2 Å². The number of para-hydroxylation sites is 1. The SMILES string of the molecule is CN1CCC2=C(CN=C2C(=O)N(C)CCOc2ccccc2C(C)(C)C)C1. The standard InChI is InChI=1S/C22H31N3O2/c1-22(2,3)18-8-6-7-9-19(18)27-13-12-25(5)21(26)20-17-10-11-24(4)15-16(17)14-23-20/h6-9H,10-15H2,1-5H3. The van der Waals surface area contributed by atoms with E-state index in [0.29, 0.717) is 25.4 Å². The third kappa shape index (κ3) is 4.41. The lowest BCUT2D eigenvalue weighted by molar-refractivity contribution is -0.123. The van der Waals surface area contributed by atoms with Gasteiger partial charge in [-0.05, 0) is 41.7 Å². The second kappa shape index (κ2) is 7.85. The van der Waals surface area contributed by atoms with Crippen LogP contribution < -0.4 is 4.74 Å². The highest BCUT2D eigenvalue weighted by Gasteiger charge is 2.30. The van der Waals surface area contributed by atoms with Crippen molar-refractivity contribution in [3.63, 3.8) is 0 Å². The molecule has 2 aliphatic rings. The number of aliphatic imine (C=N–C) groups is 1. The van der Waals surface area contributed by atoms with E-state index in [1.165, 1.54) is 16.7 Å². The molecule has 146 valence electrons. The molecule has 3 rings (SSSR count). The van der Waals surface area contributed by atoms with Gasteiger partial charge in [0.1, 0.15) is 18.1 Å². The fraction of sp³-hybridized carbons (Fsp3) is 0.545. The summed E-state index contributed by atoms with van der Waals surface area (Å²) in [6.45, 7) is 10.1. The Balaban J connectivity index is 1.58. The number of nitrogens with zero attached hydrogens (tertiary/aromatic N) is 3. The van der Waals surface area contributed by atoms with Crippen LogP contribution >= 0.6 is 0 Å². The van der Waals surface area contributed by atoms with E-state index in [9.17, 15) is 4.79 Å². The van der Waals surface area contributed by atoms with Crippen LogP contribution in [0.4, 0.5) is 0 Å². The van der Waals surface area contributed by atoms with Crippen molar-refractivity contribution in [2.24, 2.45) is 4.99 Å². The first-order chi connectivity index (χ1) is 12.8. The van der Waals surface area contributed by atoms with E-state index in [1.807, 2.05) is 25.2 Å². The summed E-state index contributed by atoms with van der Waals surface area (Å²) >= 11 is 0. The van der Waals surface area contributed by atoms with E-state index in [2.05, 4.69) is 43.8 Å². The number of benzene rings is 1. The Labute approximate surface area is 162 Å². The van der Waals surface area contributed by atoms with Crippen molar-refractivity contribution in [2.75, 3.05) is 46.9 Å². The number of carbonyl (C=O) groups excluding carboxylic acids is 1. The van der Waals surface area contributed by atoms with Crippen molar-refractivity contribution in [3.8, 4) is 5.75 Å². The quantitative estimate of drug-likeness (QED) is 0.802. The molecule has 0 aliphatic carbocycles. The van der Waals surface area contributed by atoms with E-state index in [4.69, 9.17) is 4.74 Å². The van der Waals surface area contributed by atoms with Gasteiger partial charge in [-0.1, -0.05) is 39.0 Å². The average Bonchev–Trinajstić information content (AvgIpc) is 3.03. The summed E-state index contributed by atoms with van der Waals surface area (Å²) in [5, 5.41) is 0. The van der Waals surface area contributed by atoms with Gasteiger partial charge in [0.15, 0.2) is 0 Å². The third-order valence-corrected chi connectivity index (χ3v) is 5.27. The molecule has 1 aromatic rings. The summed E-state index contributed by atoms with van der Waals surface area (Å²) in [5.41, 5.74) is 4.34. The minimum absolute atomic E-state index is 0.0114. The van der Waals surface area contributed by atoms with Gasteiger partial charge in [-0.2, -0.15) is 0 Å². The Morgan fingerprint density at radius 3 is 2.78 bits per heavy atom. The van der Waals surface area contributed by atoms with Crippen LogP contribution in [0.15, 0.2) is 40.4 Å². The van der Waals surface area contributed by atoms with Gasteiger partial charge in [0, 0.05) is 20.1 Å². The van der Waals surface area contributed by atoms with E-state index < -0.39 is 0 Å². The summed E-state index contributed by atoms with van der Waals surface area (Å²) in [6.07, 6.45) is 0.916. The van der Waals surface area contributed by atoms with Crippen molar-refractivity contribution in [3.05, 3.63) is 41.0 Å². The average molecular weight is 370 g/mol. The Morgan fingerprint density at radius 2 is 2.04 bits per heavy atom. The first-order valence-electron chi connectivity index (χ1n) is 9.69. The molecule has 5 nitrogen and oxygen atoms in total. The zero-order valence-corrected chi connectivity index (χ0v) is 17.2. The summed E-state index contributed by atoms with van der Waals surface area (Å²) in [6, 6.07) is 8.12. The molecule has 1 aromatic carbocycles. The van der Waals surface area contributed by atoms with Crippen molar-refractivity contribution in [1.82, 2.24) is 9.80 Å². The first-order valence-corrected chi connectivity index (χ1v) is 9.69. The van der Waals surface area contributed by atoms with Gasteiger partial charge in [-0.25, -0.2) is 0 Å². The van der Waals surface area contributed by atoms with Gasteiger partial charge < -0.3 is 14.5 Å². The topological polar surface area (TPSA) is 45.1 Å². The molecule has 0 fully saturated rings. The van der Waals surface area contributed by atoms with Crippen LogP contribution in [0.1, 0.15) is 32.8 Å². The summed E-state index contributed by atoms with van der Waals surface area (Å²) in [5.74, 6) is 0.904. The van der Waals surface area contributed by atoms with Crippen molar-refractivity contribution >= 4 is 11.6 Å². The number of hydrogen-bond acceptors (Lipinski definition) is 4. The highest BCUT2D eigenvalue weighted by Crippen LogP contribution is 2.31. The molecular formula is C22H31N3O2. The van der Waals surface area contributed by atoms with E-state index in [0.717, 1.165) is 25.3 Å². The molecular weight excluding hydrogens is 338 g/mol. The third-order valence-electron chi connectivity index (χ3n) is 5.27. The summed E-state index contributed by atoms with van der Waals surface area (Å²) in [4.78, 5) is 21.4. The lowest BCUT2D eigenvalue weighted by Crippen LogP contribution is -2.38. The highest BCUT2D eigenvalue weighted by molar-refractivity contribution is 6.46.